The molecule has 1 saturated heterocycles. The number of piperazine rings is 1. The van der Waals surface area contributed by atoms with Crippen LogP contribution in [0, 0.1) is 0 Å². The molecule has 0 saturated carbocycles. The molecule has 0 atom stereocenters. The van der Waals surface area contributed by atoms with Crippen LogP contribution in [0.1, 0.15) is 25.8 Å². The number of nitrogens with zero attached hydrogens (tertiary/aromatic N) is 3. The van der Waals surface area contributed by atoms with E-state index in [1.807, 2.05) is 24.3 Å². The second kappa shape index (κ2) is 10.5. The van der Waals surface area contributed by atoms with Crippen molar-refractivity contribution in [2.24, 2.45) is 0 Å². The third-order valence-corrected chi connectivity index (χ3v) is 4.75. The van der Waals surface area contributed by atoms with Crippen LogP contribution in [0.2, 0.25) is 0 Å². The molecular weight excluding hydrogens is 362 g/mol. The van der Waals surface area contributed by atoms with Crippen LogP contribution in [0.15, 0.2) is 24.3 Å². The summed E-state index contributed by atoms with van der Waals surface area (Å²) in [7, 11) is 1.59. The highest BCUT2D eigenvalue weighted by molar-refractivity contribution is 5.78. The molecule has 2 rings (SSSR count). The van der Waals surface area contributed by atoms with Gasteiger partial charge in [-0.1, -0.05) is 18.2 Å². The molecule has 0 bridgehead atoms. The van der Waals surface area contributed by atoms with Crippen molar-refractivity contribution < 1.29 is 23.9 Å². The van der Waals surface area contributed by atoms with E-state index in [0.717, 1.165) is 11.3 Å². The first-order valence-electron chi connectivity index (χ1n) is 9.53. The smallest absolute Gasteiger partial charge is 0.409 e. The summed E-state index contributed by atoms with van der Waals surface area (Å²) in [6, 6.07) is 7.53. The molecule has 8 nitrogen and oxygen atoms in total. The second-order valence-corrected chi connectivity index (χ2v) is 6.57. The summed E-state index contributed by atoms with van der Waals surface area (Å²) in [5, 5.41) is 0. The third-order valence-electron chi connectivity index (χ3n) is 4.75. The predicted molar refractivity (Wildman–Crippen MR) is 104 cm³/mol. The Labute approximate surface area is 166 Å². The Morgan fingerprint density at radius 1 is 1.07 bits per heavy atom. The largest absolute Gasteiger partial charge is 0.496 e. The van der Waals surface area contributed by atoms with Gasteiger partial charge in [-0.2, -0.15) is 0 Å². The van der Waals surface area contributed by atoms with Crippen molar-refractivity contribution in [1.82, 2.24) is 14.7 Å². The first kappa shape index (κ1) is 21.5. The fraction of sp³-hybridized carbons (Fsp3) is 0.550. The average Bonchev–Trinajstić information content (AvgIpc) is 2.71. The summed E-state index contributed by atoms with van der Waals surface area (Å²) >= 11 is 0. The minimum atomic E-state index is -0.339. The lowest BCUT2D eigenvalue weighted by molar-refractivity contribution is -0.135. The van der Waals surface area contributed by atoms with E-state index in [4.69, 9.17) is 9.47 Å². The Kier molecular flexibility index (Phi) is 8.10. The van der Waals surface area contributed by atoms with Gasteiger partial charge in [0.1, 0.15) is 5.75 Å². The number of hydrogen-bond acceptors (Lipinski definition) is 5. The van der Waals surface area contributed by atoms with Crippen LogP contribution in [0.5, 0.6) is 5.75 Å². The predicted octanol–water partition coefficient (Wildman–Crippen LogP) is 1.73. The zero-order valence-electron chi connectivity index (χ0n) is 16.8. The highest BCUT2D eigenvalue weighted by Gasteiger charge is 2.25. The molecule has 0 unspecified atom stereocenters. The maximum absolute atomic E-state index is 12.5. The van der Waals surface area contributed by atoms with Gasteiger partial charge in [-0.05, 0) is 13.0 Å². The Balaban J connectivity index is 1.86. The molecule has 154 valence electrons. The number of rotatable bonds is 7. The van der Waals surface area contributed by atoms with Gasteiger partial charge in [0.05, 0.1) is 13.7 Å². The number of carbonyl (C=O) groups excluding carboxylic acids is 3. The van der Waals surface area contributed by atoms with Crippen LogP contribution in [0.4, 0.5) is 4.79 Å². The monoisotopic (exact) mass is 391 g/mol. The highest BCUT2D eigenvalue weighted by atomic mass is 16.6. The molecule has 28 heavy (non-hydrogen) atoms. The van der Waals surface area contributed by atoms with Crippen molar-refractivity contribution >= 4 is 17.9 Å². The van der Waals surface area contributed by atoms with E-state index in [1.165, 1.54) is 6.92 Å². The minimum absolute atomic E-state index is 0.0187. The number of methoxy groups -OCH3 is 1. The highest BCUT2D eigenvalue weighted by Crippen LogP contribution is 2.19. The summed E-state index contributed by atoms with van der Waals surface area (Å²) in [6.07, 6.45) is -0.0946. The second-order valence-electron chi connectivity index (χ2n) is 6.57. The Hall–Kier alpha value is -2.77. The molecular formula is C20H29N3O5. The van der Waals surface area contributed by atoms with E-state index in [2.05, 4.69) is 0 Å². The molecule has 0 radical (unpaired) electrons. The summed E-state index contributed by atoms with van der Waals surface area (Å²) in [5.41, 5.74) is 0.899. The molecule has 1 aromatic carbocycles. The van der Waals surface area contributed by atoms with Gasteiger partial charge in [-0.25, -0.2) is 4.79 Å². The van der Waals surface area contributed by atoms with Crippen LogP contribution in [-0.4, -0.2) is 79.0 Å². The van der Waals surface area contributed by atoms with Gasteiger partial charge in [0, 0.05) is 58.2 Å². The first-order valence-corrected chi connectivity index (χ1v) is 9.53. The summed E-state index contributed by atoms with van der Waals surface area (Å²) in [4.78, 5) is 41.3. The fourth-order valence-electron chi connectivity index (χ4n) is 3.13. The number of hydrogen-bond donors (Lipinski definition) is 0. The van der Waals surface area contributed by atoms with E-state index in [0.29, 0.717) is 45.9 Å². The van der Waals surface area contributed by atoms with Crippen molar-refractivity contribution in [3.63, 3.8) is 0 Å². The zero-order chi connectivity index (χ0) is 20.5. The third kappa shape index (κ3) is 5.87. The van der Waals surface area contributed by atoms with Crippen LogP contribution in [0.25, 0.3) is 0 Å². The lowest BCUT2D eigenvalue weighted by Gasteiger charge is -2.34. The summed E-state index contributed by atoms with van der Waals surface area (Å²) in [6.45, 7) is 6.21. The van der Waals surface area contributed by atoms with Crippen molar-refractivity contribution in [3.8, 4) is 5.75 Å². The number of benzene rings is 1. The van der Waals surface area contributed by atoms with Gasteiger partial charge < -0.3 is 24.2 Å². The Bertz CT molecular complexity index is 686. The molecule has 1 aromatic rings. The molecule has 0 aromatic heterocycles. The van der Waals surface area contributed by atoms with Crippen LogP contribution >= 0.6 is 0 Å². The maximum Gasteiger partial charge on any atom is 0.409 e. The number of ether oxygens (including phenoxy) is 2. The average molecular weight is 391 g/mol. The summed E-state index contributed by atoms with van der Waals surface area (Å²) < 4.78 is 10.3. The standard InChI is InChI=1S/C20H29N3O5/c1-4-28-20(26)22-13-11-21(12-14-22)19(25)9-10-23(16(2)24)15-17-7-5-6-8-18(17)27-3/h5-8H,4,9-15H2,1-3H3. The van der Waals surface area contributed by atoms with Crippen molar-refractivity contribution in [1.29, 1.82) is 0 Å². The molecule has 1 aliphatic rings. The summed E-state index contributed by atoms with van der Waals surface area (Å²) in [5.74, 6) is 0.607. The van der Waals surface area contributed by atoms with E-state index in [1.54, 1.807) is 28.7 Å². The molecule has 0 spiro atoms. The molecule has 0 N–H and O–H groups in total. The van der Waals surface area contributed by atoms with E-state index in [-0.39, 0.29) is 24.3 Å². The Morgan fingerprint density at radius 2 is 1.71 bits per heavy atom. The molecule has 0 aliphatic carbocycles. The topological polar surface area (TPSA) is 79.4 Å². The minimum Gasteiger partial charge on any atom is -0.496 e. The van der Waals surface area contributed by atoms with Gasteiger partial charge in [0.2, 0.25) is 11.8 Å². The molecule has 1 aliphatic heterocycles. The van der Waals surface area contributed by atoms with Crippen LogP contribution in [0.3, 0.4) is 0 Å². The van der Waals surface area contributed by atoms with Crippen LogP contribution < -0.4 is 4.74 Å². The van der Waals surface area contributed by atoms with E-state index < -0.39 is 0 Å². The van der Waals surface area contributed by atoms with Crippen molar-refractivity contribution in [3.05, 3.63) is 29.8 Å². The molecule has 1 heterocycles. The van der Waals surface area contributed by atoms with Gasteiger partial charge in [0.25, 0.3) is 0 Å². The van der Waals surface area contributed by atoms with Crippen molar-refractivity contribution in [2.45, 2.75) is 26.8 Å². The number of para-hydroxylation sites is 1. The molecule has 8 heteroatoms. The van der Waals surface area contributed by atoms with Crippen molar-refractivity contribution in [2.75, 3.05) is 46.4 Å². The lowest BCUT2D eigenvalue weighted by atomic mass is 10.1. The molecule has 3 amide bonds. The fourth-order valence-corrected chi connectivity index (χ4v) is 3.13. The SMILES string of the molecule is CCOC(=O)N1CCN(C(=O)CCN(Cc2ccccc2OC)C(C)=O)CC1. The van der Waals surface area contributed by atoms with E-state index >= 15 is 0 Å². The van der Waals surface area contributed by atoms with E-state index in [9.17, 15) is 14.4 Å². The van der Waals surface area contributed by atoms with Gasteiger partial charge in [-0.3, -0.25) is 9.59 Å². The number of carbonyl (C=O) groups is 3. The normalized spacial score (nSPS) is 13.8. The maximum atomic E-state index is 12.5. The zero-order valence-corrected chi connectivity index (χ0v) is 16.8. The first-order chi connectivity index (χ1) is 13.5. The quantitative estimate of drug-likeness (QED) is 0.707. The Morgan fingerprint density at radius 3 is 2.32 bits per heavy atom. The van der Waals surface area contributed by atoms with Gasteiger partial charge in [-0.15, -0.1) is 0 Å². The van der Waals surface area contributed by atoms with Gasteiger partial charge >= 0.3 is 6.09 Å². The van der Waals surface area contributed by atoms with Crippen LogP contribution in [-0.2, 0) is 20.9 Å². The number of amides is 3. The lowest BCUT2D eigenvalue weighted by Crippen LogP contribution is -2.51. The van der Waals surface area contributed by atoms with Gasteiger partial charge in [0.15, 0.2) is 0 Å². The molecule has 1 fully saturated rings.